The standard InChI is InChI=1S/C11H9FN2O/c1-8-6-14(13-10(8)7-15)11-5-3-2-4-9(11)12/h2-7H,1H3. The highest BCUT2D eigenvalue weighted by atomic mass is 19.1. The molecule has 0 radical (unpaired) electrons. The topological polar surface area (TPSA) is 34.9 Å². The third kappa shape index (κ3) is 1.66. The monoisotopic (exact) mass is 204 g/mol. The van der Waals surface area contributed by atoms with Crippen LogP contribution in [-0.2, 0) is 0 Å². The predicted octanol–water partition coefficient (Wildman–Crippen LogP) is 2.13. The van der Waals surface area contributed by atoms with Crippen molar-refractivity contribution >= 4 is 6.29 Å². The lowest BCUT2D eigenvalue weighted by Crippen LogP contribution is -1.98. The molecule has 0 aliphatic rings. The van der Waals surface area contributed by atoms with Crippen molar-refractivity contribution in [2.75, 3.05) is 0 Å². The number of hydrogen-bond donors (Lipinski definition) is 0. The Hall–Kier alpha value is -1.97. The minimum atomic E-state index is -0.363. The lowest BCUT2D eigenvalue weighted by atomic mass is 10.3. The largest absolute Gasteiger partial charge is 0.296 e. The van der Waals surface area contributed by atoms with Crippen molar-refractivity contribution in [1.82, 2.24) is 9.78 Å². The second-order valence-electron chi connectivity index (χ2n) is 3.21. The van der Waals surface area contributed by atoms with Crippen LogP contribution in [0.3, 0.4) is 0 Å². The molecule has 4 heteroatoms. The van der Waals surface area contributed by atoms with Gasteiger partial charge < -0.3 is 0 Å². The van der Waals surface area contributed by atoms with Gasteiger partial charge in [-0.1, -0.05) is 12.1 Å². The number of carbonyl (C=O) groups excluding carboxylic acids is 1. The number of carbonyl (C=O) groups is 1. The molecule has 0 spiro atoms. The van der Waals surface area contributed by atoms with Crippen LogP contribution < -0.4 is 0 Å². The van der Waals surface area contributed by atoms with Crippen LogP contribution in [0.5, 0.6) is 0 Å². The van der Waals surface area contributed by atoms with E-state index in [-0.39, 0.29) is 5.82 Å². The molecular formula is C11H9FN2O. The van der Waals surface area contributed by atoms with Crippen LogP contribution in [0.25, 0.3) is 5.69 Å². The fraction of sp³-hybridized carbons (Fsp3) is 0.0909. The van der Waals surface area contributed by atoms with Crippen LogP contribution in [0.1, 0.15) is 16.1 Å². The smallest absolute Gasteiger partial charge is 0.170 e. The van der Waals surface area contributed by atoms with Crippen molar-refractivity contribution in [1.29, 1.82) is 0 Å². The van der Waals surface area contributed by atoms with Gasteiger partial charge in [-0.3, -0.25) is 4.79 Å². The number of aldehydes is 1. The Morgan fingerprint density at radius 1 is 1.40 bits per heavy atom. The maximum Gasteiger partial charge on any atom is 0.170 e. The Morgan fingerprint density at radius 2 is 2.13 bits per heavy atom. The molecule has 0 saturated heterocycles. The molecule has 0 amide bonds. The Kier molecular flexibility index (Phi) is 2.33. The van der Waals surface area contributed by atoms with Crippen LogP contribution in [0.2, 0.25) is 0 Å². The van der Waals surface area contributed by atoms with Gasteiger partial charge in [0.15, 0.2) is 6.29 Å². The van der Waals surface area contributed by atoms with E-state index in [1.807, 2.05) is 0 Å². The Balaban J connectivity index is 2.55. The summed E-state index contributed by atoms with van der Waals surface area (Å²) in [6.45, 7) is 1.76. The van der Waals surface area contributed by atoms with Gasteiger partial charge in [0, 0.05) is 6.20 Å². The molecule has 0 bridgehead atoms. The van der Waals surface area contributed by atoms with Crippen molar-refractivity contribution in [3.8, 4) is 5.69 Å². The highest BCUT2D eigenvalue weighted by molar-refractivity contribution is 5.73. The molecule has 0 unspecified atom stereocenters. The maximum absolute atomic E-state index is 13.4. The Morgan fingerprint density at radius 3 is 2.73 bits per heavy atom. The summed E-state index contributed by atoms with van der Waals surface area (Å²) in [4.78, 5) is 10.6. The zero-order valence-corrected chi connectivity index (χ0v) is 8.14. The van der Waals surface area contributed by atoms with Gasteiger partial charge in [-0.15, -0.1) is 0 Å². The summed E-state index contributed by atoms with van der Waals surface area (Å²) in [5.74, 6) is -0.363. The van der Waals surface area contributed by atoms with Crippen LogP contribution in [0, 0.1) is 12.7 Å². The van der Waals surface area contributed by atoms with Gasteiger partial charge in [0.25, 0.3) is 0 Å². The molecule has 0 fully saturated rings. The van der Waals surface area contributed by atoms with Gasteiger partial charge in [-0.05, 0) is 24.6 Å². The van der Waals surface area contributed by atoms with Gasteiger partial charge in [0.1, 0.15) is 17.2 Å². The summed E-state index contributed by atoms with van der Waals surface area (Å²) in [7, 11) is 0. The maximum atomic E-state index is 13.4. The minimum Gasteiger partial charge on any atom is -0.296 e. The van der Waals surface area contributed by atoms with Crippen LogP contribution in [0.4, 0.5) is 4.39 Å². The zero-order chi connectivity index (χ0) is 10.8. The summed E-state index contributed by atoms with van der Waals surface area (Å²) in [6.07, 6.45) is 2.29. The SMILES string of the molecule is Cc1cn(-c2ccccc2F)nc1C=O. The first-order valence-corrected chi connectivity index (χ1v) is 4.48. The number of benzene rings is 1. The molecule has 1 aromatic carbocycles. The van der Waals surface area contributed by atoms with E-state index in [2.05, 4.69) is 5.10 Å². The fourth-order valence-corrected chi connectivity index (χ4v) is 1.35. The van der Waals surface area contributed by atoms with Gasteiger partial charge >= 0.3 is 0 Å². The fourth-order valence-electron chi connectivity index (χ4n) is 1.35. The van der Waals surface area contributed by atoms with Crippen molar-refractivity contribution < 1.29 is 9.18 Å². The molecule has 0 aliphatic heterocycles. The lowest BCUT2D eigenvalue weighted by Gasteiger charge is -2.01. The molecule has 15 heavy (non-hydrogen) atoms. The highest BCUT2D eigenvalue weighted by Gasteiger charge is 2.08. The number of hydrogen-bond acceptors (Lipinski definition) is 2. The zero-order valence-electron chi connectivity index (χ0n) is 8.14. The van der Waals surface area contributed by atoms with Crippen molar-refractivity contribution in [2.45, 2.75) is 6.92 Å². The van der Waals surface area contributed by atoms with Gasteiger partial charge in [-0.2, -0.15) is 5.10 Å². The van der Waals surface area contributed by atoms with E-state index in [0.717, 1.165) is 5.56 Å². The molecule has 2 rings (SSSR count). The first kappa shape index (κ1) is 9.58. The van der Waals surface area contributed by atoms with E-state index in [0.29, 0.717) is 17.7 Å². The van der Waals surface area contributed by atoms with Crippen LogP contribution >= 0.6 is 0 Å². The number of aryl methyl sites for hydroxylation is 1. The van der Waals surface area contributed by atoms with E-state index in [1.54, 1.807) is 31.3 Å². The Labute approximate surface area is 86.2 Å². The minimum absolute atomic E-state index is 0.332. The number of rotatable bonds is 2. The van der Waals surface area contributed by atoms with E-state index >= 15 is 0 Å². The van der Waals surface area contributed by atoms with E-state index in [4.69, 9.17) is 0 Å². The molecular weight excluding hydrogens is 195 g/mol. The Bertz CT molecular complexity index is 505. The lowest BCUT2D eigenvalue weighted by molar-refractivity contribution is 0.111. The molecule has 2 aromatic rings. The normalized spacial score (nSPS) is 10.3. The van der Waals surface area contributed by atoms with Gasteiger partial charge in [-0.25, -0.2) is 9.07 Å². The molecule has 1 aromatic heterocycles. The number of nitrogens with zero attached hydrogens (tertiary/aromatic N) is 2. The summed E-state index contributed by atoms with van der Waals surface area (Å²) in [5.41, 5.74) is 1.40. The first-order chi connectivity index (χ1) is 7.22. The first-order valence-electron chi connectivity index (χ1n) is 4.48. The van der Waals surface area contributed by atoms with Crippen LogP contribution in [-0.4, -0.2) is 16.1 Å². The second kappa shape index (κ2) is 3.65. The van der Waals surface area contributed by atoms with Crippen molar-refractivity contribution in [3.05, 3.63) is 47.5 Å². The van der Waals surface area contributed by atoms with E-state index in [1.165, 1.54) is 10.7 Å². The predicted molar refractivity (Wildman–Crippen MR) is 53.6 cm³/mol. The third-order valence-corrected chi connectivity index (χ3v) is 2.15. The molecule has 76 valence electrons. The summed E-state index contributed by atoms with van der Waals surface area (Å²) in [6, 6.07) is 6.29. The van der Waals surface area contributed by atoms with Crippen LogP contribution in [0.15, 0.2) is 30.5 Å². The number of aromatic nitrogens is 2. The van der Waals surface area contributed by atoms with E-state index in [9.17, 15) is 9.18 Å². The number of para-hydroxylation sites is 1. The summed E-state index contributed by atoms with van der Waals surface area (Å²) >= 11 is 0. The molecule has 0 atom stereocenters. The molecule has 0 N–H and O–H groups in total. The van der Waals surface area contributed by atoms with E-state index < -0.39 is 0 Å². The summed E-state index contributed by atoms with van der Waals surface area (Å²) < 4.78 is 14.7. The number of halogens is 1. The molecule has 0 saturated carbocycles. The molecule has 1 heterocycles. The average Bonchev–Trinajstić information content (AvgIpc) is 2.60. The second-order valence-corrected chi connectivity index (χ2v) is 3.21. The average molecular weight is 204 g/mol. The molecule has 3 nitrogen and oxygen atoms in total. The van der Waals surface area contributed by atoms with Gasteiger partial charge in [0.2, 0.25) is 0 Å². The quantitative estimate of drug-likeness (QED) is 0.702. The molecule has 0 aliphatic carbocycles. The van der Waals surface area contributed by atoms with Crippen molar-refractivity contribution in [3.63, 3.8) is 0 Å². The third-order valence-electron chi connectivity index (χ3n) is 2.15. The van der Waals surface area contributed by atoms with Crippen molar-refractivity contribution in [2.24, 2.45) is 0 Å². The van der Waals surface area contributed by atoms with Gasteiger partial charge in [0.05, 0.1) is 0 Å². The summed E-state index contributed by atoms with van der Waals surface area (Å²) in [5, 5.41) is 3.97. The highest BCUT2D eigenvalue weighted by Crippen LogP contribution is 2.13.